The van der Waals surface area contributed by atoms with Crippen molar-refractivity contribution < 1.29 is 0 Å². The number of aromatic nitrogens is 1. The van der Waals surface area contributed by atoms with Crippen LogP contribution < -0.4 is 10.2 Å². The van der Waals surface area contributed by atoms with Crippen molar-refractivity contribution in [2.75, 3.05) is 24.5 Å². The van der Waals surface area contributed by atoms with Crippen molar-refractivity contribution in [1.82, 2.24) is 10.3 Å². The fraction of sp³-hybridized carbons (Fsp3) is 0.370. The minimum Gasteiger partial charge on any atom is -0.370 e. The van der Waals surface area contributed by atoms with Crippen LogP contribution in [0.2, 0.25) is 10.0 Å². The van der Waals surface area contributed by atoms with E-state index >= 15 is 0 Å². The predicted molar refractivity (Wildman–Crippen MR) is 136 cm³/mol. The van der Waals surface area contributed by atoms with Crippen LogP contribution in [0.15, 0.2) is 54.9 Å². The standard InChI is InChI=1S/C27H29Cl2N3/c1-2-31-24-9-11-32(12-10-24)27-25(20-7-5-19(6-8-20)18-3-4-18)16-30-17-26(27)21-13-22(28)15-23(29)14-21/h5-8,13-18,24,31H,2-4,9-12H2,1H3. The summed E-state index contributed by atoms with van der Waals surface area (Å²) >= 11 is 12.8. The Kier molecular flexibility index (Phi) is 6.41. The third kappa shape index (κ3) is 4.66. The van der Waals surface area contributed by atoms with Gasteiger partial charge in [0.05, 0.1) is 5.69 Å². The van der Waals surface area contributed by atoms with Crippen molar-refractivity contribution in [3.63, 3.8) is 0 Å². The minimum absolute atomic E-state index is 0.587. The molecule has 1 aliphatic heterocycles. The van der Waals surface area contributed by atoms with Crippen LogP contribution in [0.4, 0.5) is 5.69 Å². The van der Waals surface area contributed by atoms with E-state index in [0.717, 1.165) is 49.5 Å². The van der Waals surface area contributed by atoms with Crippen molar-refractivity contribution in [1.29, 1.82) is 0 Å². The summed E-state index contributed by atoms with van der Waals surface area (Å²) < 4.78 is 0. The molecule has 0 spiro atoms. The Balaban J connectivity index is 1.58. The Morgan fingerprint density at radius 2 is 1.50 bits per heavy atom. The van der Waals surface area contributed by atoms with Crippen molar-refractivity contribution >= 4 is 28.9 Å². The van der Waals surface area contributed by atoms with Crippen LogP contribution in [-0.2, 0) is 0 Å². The molecule has 1 saturated carbocycles. The highest BCUT2D eigenvalue weighted by molar-refractivity contribution is 6.35. The van der Waals surface area contributed by atoms with Gasteiger partial charge in [0.25, 0.3) is 0 Å². The molecule has 32 heavy (non-hydrogen) atoms. The quantitative estimate of drug-likeness (QED) is 0.417. The number of nitrogens with zero attached hydrogens (tertiary/aromatic N) is 2. The van der Waals surface area contributed by atoms with Gasteiger partial charge >= 0.3 is 0 Å². The molecule has 5 heteroatoms. The van der Waals surface area contributed by atoms with Crippen LogP contribution in [0.3, 0.4) is 0 Å². The van der Waals surface area contributed by atoms with Gasteiger partial charge in [0, 0.05) is 52.7 Å². The number of anilines is 1. The van der Waals surface area contributed by atoms with Gasteiger partial charge < -0.3 is 10.2 Å². The van der Waals surface area contributed by atoms with Gasteiger partial charge in [0.2, 0.25) is 0 Å². The summed E-state index contributed by atoms with van der Waals surface area (Å²) in [7, 11) is 0. The molecule has 0 bridgehead atoms. The van der Waals surface area contributed by atoms with E-state index in [1.54, 1.807) is 6.07 Å². The van der Waals surface area contributed by atoms with Gasteiger partial charge in [0.15, 0.2) is 0 Å². The monoisotopic (exact) mass is 465 g/mol. The summed E-state index contributed by atoms with van der Waals surface area (Å²) in [6.45, 7) is 5.22. The number of rotatable bonds is 6. The summed E-state index contributed by atoms with van der Waals surface area (Å²) in [5.41, 5.74) is 7.15. The molecule has 1 N–H and O–H groups in total. The summed E-state index contributed by atoms with van der Waals surface area (Å²) in [5.74, 6) is 0.756. The fourth-order valence-corrected chi connectivity index (χ4v) is 5.40. The van der Waals surface area contributed by atoms with E-state index in [2.05, 4.69) is 46.4 Å². The van der Waals surface area contributed by atoms with Gasteiger partial charge in [-0.05, 0) is 73.0 Å². The number of halogens is 2. The largest absolute Gasteiger partial charge is 0.370 e. The first-order chi connectivity index (χ1) is 15.6. The zero-order valence-electron chi connectivity index (χ0n) is 18.5. The molecule has 0 amide bonds. The molecule has 3 nitrogen and oxygen atoms in total. The molecule has 2 fully saturated rings. The fourth-order valence-electron chi connectivity index (χ4n) is 4.87. The lowest BCUT2D eigenvalue weighted by molar-refractivity contribution is 0.424. The van der Waals surface area contributed by atoms with Crippen LogP contribution in [0.5, 0.6) is 0 Å². The second-order valence-electron chi connectivity index (χ2n) is 8.96. The van der Waals surface area contributed by atoms with Crippen LogP contribution in [0, 0.1) is 0 Å². The van der Waals surface area contributed by atoms with Crippen molar-refractivity contribution in [2.45, 2.75) is 44.6 Å². The Bertz CT molecular complexity index is 1060. The summed E-state index contributed by atoms with van der Waals surface area (Å²) in [6.07, 6.45) is 8.86. The minimum atomic E-state index is 0.587. The number of nitrogens with one attached hydrogen (secondary N) is 1. The van der Waals surface area contributed by atoms with Gasteiger partial charge in [0.1, 0.15) is 0 Å². The van der Waals surface area contributed by atoms with Crippen LogP contribution in [0.1, 0.15) is 44.1 Å². The zero-order valence-corrected chi connectivity index (χ0v) is 20.0. The van der Waals surface area contributed by atoms with Gasteiger partial charge in [-0.15, -0.1) is 0 Å². The maximum Gasteiger partial charge on any atom is 0.0556 e. The lowest BCUT2D eigenvalue weighted by Crippen LogP contribution is -2.42. The number of pyridine rings is 1. The average molecular weight is 466 g/mol. The lowest BCUT2D eigenvalue weighted by Gasteiger charge is -2.36. The lowest BCUT2D eigenvalue weighted by atomic mass is 9.94. The number of benzene rings is 2. The smallest absolute Gasteiger partial charge is 0.0556 e. The Morgan fingerprint density at radius 3 is 2.09 bits per heavy atom. The summed E-state index contributed by atoms with van der Waals surface area (Å²) in [6, 6.07) is 15.4. The molecule has 3 aromatic rings. The molecule has 2 aromatic carbocycles. The van der Waals surface area contributed by atoms with E-state index in [9.17, 15) is 0 Å². The van der Waals surface area contributed by atoms with E-state index in [-0.39, 0.29) is 0 Å². The van der Waals surface area contributed by atoms with Crippen LogP contribution in [0.25, 0.3) is 22.3 Å². The van der Waals surface area contributed by atoms with Crippen molar-refractivity contribution in [3.8, 4) is 22.3 Å². The molecule has 0 atom stereocenters. The Morgan fingerprint density at radius 1 is 0.875 bits per heavy atom. The Labute approximate surface area is 200 Å². The van der Waals surface area contributed by atoms with E-state index in [4.69, 9.17) is 23.2 Å². The van der Waals surface area contributed by atoms with Gasteiger partial charge in [-0.1, -0.05) is 54.4 Å². The van der Waals surface area contributed by atoms with E-state index in [0.29, 0.717) is 16.1 Å². The highest BCUT2D eigenvalue weighted by Gasteiger charge is 2.26. The molecule has 1 aliphatic carbocycles. The molecule has 2 heterocycles. The van der Waals surface area contributed by atoms with Crippen LogP contribution in [-0.4, -0.2) is 30.7 Å². The van der Waals surface area contributed by atoms with Gasteiger partial charge in [-0.2, -0.15) is 0 Å². The summed E-state index contributed by atoms with van der Waals surface area (Å²) in [4.78, 5) is 7.16. The molecule has 1 aromatic heterocycles. The van der Waals surface area contributed by atoms with Crippen molar-refractivity contribution in [2.24, 2.45) is 0 Å². The molecule has 1 saturated heterocycles. The molecule has 0 radical (unpaired) electrons. The maximum atomic E-state index is 6.38. The van der Waals surface area contributed by atoms with E-state index < -0.39 is 0 Å². The average Bonchev–Trinajstić information content (AvgIpc) is 3.64. The molecular weight excluding hydrogens is 437 g/mol. The molecule has 0 unspecified atom stereocenters. The highest BCUT2D eigenvalue weighted by atomic mass is 35.5. The van der Waals surface area contributed by atoms with E-state index in [1.165, 1.54) is 35.2 Å². The van der Waals surface area contributed by atoms with Crippen LogP contribution >= 0.6 is 23.2 Å². The third-order valence-corrected chi connectivity index (χ3v) is 7.10. The van der Waals surface area contributed by atoms with Crippen molar-refractivity contribution in [3.05, 3.63) is 70.5 Å². The molecule has 5 rings (SSSR count). The third-order valence-electron chi connectivity index (χ3n) is 6.67. The first-order valence-electron chi connectivity index (χ1n) is 11.7. The maximum absolute atomic E-state index is 6.38. The number of hydrogen-bond acceptors (Lipinski definition) is 3. The van der Waals surface area contributed by atoms with Gasteiger partial charge in [-0.3, -0.25) is 4.98 Å². The number of piperidine rings is 1. The molecule has 2 aliphatic rings. The predicted octanol–water partition coefficient (Wildman–Crippen LogP) is 7.18. The zero-order chi connectivity index (χ0) is 22.1. The Hall–Kier alpha value is -2.07. The first kappa shape index (κ1) is 21.8. The topological polar surface area (TPSA) is 28.2 Å². The second kappa shape index (κ2) is 9.43. The second-order valence-corrected chi connectivity index (χ2v) is 9.83. The number of hydrogen-bond donors (Lipinski definition) is 1. The molecular formula is C27H29Cl2N3. The SMILES string of the molecule is CCNC1CCN(c2c(-c3ccc(C4CC4)cc3)cncc2-c2cc(Cl)cc(Cl)c2)CC1. The molecule has 166 valence electrons. The normalized spacial score (nSPS) is 17.0. The highest BCUT2D eigenvalue weighted by Crippen LogP contribution is 2.43. The van der Waals surface area contributed by atoms with E-state index in [1.807, 2.05) is 24.5 Å². The first-order valence-corrected chi connectivity index (χ1v) is 12.4. The van der Waals surface area contributed by atoms with Gasteiger partial charge in [-0.25, -0.2) is 0 Å². The summed E-state index contributed by atoms with van der Waals surface area (Å²) in [5, 5.41) is 4.90.